The maximum Gasteiger partial charge on any atom is 0.188 e. The lowest BCUT2D eigenvalue weighted by atomic mass is 10.2. The van der Waals surface area contributed by atoms with E-state index in [1.807, 2.05) is 0 Å². The molecule has 0 spiro atoms. The summed E-state index contributed by atoms with van der Waals surface area (Å²) in [5.41, 5.74) is 11.5. The highest BCUT2D eigenvalue weighted by Crippen LogP contribution is 2.18. The average Bonchev–Trinajstić information content (AvgIpc) is 3.29. The molecule has 0 saturated heterocycles. The van der Waals surface area contributed by atoms with Gasteiger partial charge in [-0.3, -0.25) is 9.98 Å². The summed E-state index contributed by atoms with van der Waals surface area (Å²) < 4.78 is 0. The third-order valence-electron chi connectivity index (χ3n) is 3.49. The van der Waals surface area contributed by atoms with Crippen LogP contribution in [-0.4, -0.2) is 37.1 Å². The molecule has 21 heavy (non-hydrogen) atoms. The molecule has 0 bridgehead atoms. The Morgan fingerprint density at radius 1 is 0.762 bits per heavy atom. The second-order valence-corrected chi connectivity index (χ2v) is 5.79. The Balaban J connectivity index is 0.00000220. The second-order valence-electron chi connectivity index (χ2n) is 5.79. The molecule has 6 nitrogen and oxygen atoms in total. The molecule has 6 N–H and O–H groups in total. The molecule has 122 valence electrons. The Labute approximate surface area is 144 Å². The van der Waals surface area contributed by atoms with E-state index in [0.29, 0.717) is 24.0 Å². The fourth-order valence-electron chi connectivity index (χ4n) is 1.94. The van der Waals surface area contributed by atoms with Crippen molar-refractivity contribution in [2.75, 3.05) is 13.1 Å². The van der Waals surface area contributed by atoms with E-state index in [2.05, 4.69) is 20.6 Å². The molecule has 2 rings (SSSR count). The van der Waals surface area contributed by atoms with Gasteiger partial charge in [-0.25, -0.2) is 0 Å². The van der Waals surface area contributed by atoms with Gasteiger partial charge in [-0.2, -0.15) is 0 Å². The van der Waals surface area contributed by atoms with Gasteiger partial charge in [0.1, 0.15) is 0 Å². The molecule has 0 aliphatic heterocycles. The van der Waals surface area contributed by atoms with E-state index in [0.717, 1.165) is 25.9 Å². The maximum absolute atomic E-state index is 5.76. The first-order valence-electron chi connectivity index (χ1n) is 7.87. The van der Waals surface area contributed by atoms with Crippen LogP contribution in [0.2, 0.25) is 0 Å². The summed E-state index contributed by atoms with van der Waals surface area (Å²) in [6.45, 7) is 1.64. The number of guanidine groups is 2. The van der Waals surface area contributed by atoms with Crippen LogP contribution in [0, 0.1) is 0 Å². The molecule has 0 aromatic heterocycles. The number of hydrogen-bond acceptors (Lipinski definition) is 2. The Morgan fingerprint density at radius 3 is 1.48 bits per heavy atom. The Hall–Kier alpha value is -0.730. The highest BCUT2D eigenvalue weighted by molar-refractivity contribution is 14.0. The third kappa shape index (κ3) is 9.76. The summed E-state index contributed by atoms with van der Waals surface area (Å²) in [4.78, 5) is 8.63. The molecule has 0 unspecified atom stereocenters. The van der Waals surface area contributed by atoms with E-state index >= 15 is 0 Å². The van der Waals surface area contributed by atoms with E-state index in [9.17, 15) is 0 Å². The predicted octanol–water partition coefficient (Wildman–Crippen LogP) is 1.30. The van der Waals surface area contributed by atoms with Crippen LogP contribution in [0.5, 0.6) is 0 Å². The summed E-state index contributed by atoms with van der Waals surface area (Å²) in [7, 11) is 0. The zero-order valence-corrected chi connectivity index (χ0v) is 15.0. The van der Waals surface area contributed by atoms with E-state index in [1.165, 1.54) is 38.5 Å². The molecule has 0 aromatic rings. The van der Waals surface area contributed by atoms with Crippen molar-refractivity contribution in [3.8, 4) is 0 Å². The number of nitrogens with zero attached hydrogens (tertiary/aromatic N) is 2. The molecule has 2 aliphatic rings. The highest BCUT2D eigenvalue weighted by Gasteiger charge is 2.21. The number of hydrogen-bond donors (Lipinski definition) is 4. The number of rotatable bonds is 9. The molecule has 0 radical (unpaired) electrons. The quantitative estimate of drug-likeness (QED) is 0.200. The monoisotopic (exact) mass is 408 g/mol. The lowest BCUT2D eigenvalue weighted by molar-refractivity contribution is 0.651. The third-order valence-corrected chi connectivity index (χ3v) is 3.49. The van der Waals surface area contributed by atoms with E-state index in [4.69, 9.17) is 11.5 Å². The molecule has 0 atom stereocenters. The van der Waals surface area contributed by atoms with Gasteiger partial charge in [-0.1, -0.05) is 12.8 Å². The molecule has 0 heterocycles. The minimum Gasteiger partial charge on any atom is -0.370 e. The van der Waals surface area contributed by atoms with Gasteiger partial charge in [0.25, 0.3) is 0 Å². The van der Waals surface area contributed by atoms with Crippen LogP contribution in [-0.2, 0) is 0 Å². The first-order valence-corrected chi connectivity index (χ1v) is 7.87. The van der Waals surface area contributed by atoms with Crippen molar-refractivity contribution in [1.29, 1.82) is 0 Å². The SMILES string of the molecule is I.NC(=NCCCCCCN=C(N)NC1CC1)NC1CC1. The first kappa shape index (κ1) is 18.3. The van der Waals surface area contributed by atoms with Crippen molar-refractivity contribution >= 4 is 35.9 Å². The normalized spacial score (nSPS) is 19.0. The average molecular weight is 408 g/mol. The van der Waals surface area contributed by atoms with Crippen LogP contribution >= 0.6 is 24.0 Å². The topological polar surface area (TPSA) is 101 Å². The molecular formula is C14H29IN6. The Bertz CT molecular complexity index is 315. The van der Waals surface area contributed by atoms with Gasteiger partial charge in [0.2, 0.25) is 0 Å². The Kier molecular flexibility index (Phi) is 8.79. The van der Waals surface area contributed by atoms with Crippen LogP contribution in [0.15, 0.2) is 9.98 Å². The predicted molar refractivity (Wildman–Crippen MR) is 99.2 cm³/mol. The fraction of sp³-hybridized carbons (Fsp3) is 0.857. The van der Waals surface area contributed by atoms with Crippen LogP contribution in [0.25, 0.3) is 0 Å². The van der Waals surface area contributed by atoms with Crippen LogP contribution < -0.4 is 22.1 Å². The lowest BCUT2D eigenvalue weighted by Gasteiger charge is -2.04. The minimum atomic E-state index is 0. The molecular weight excluding hydrogens is 379 g/mol. The summed E-state index contributed by atoms with van der Waals surface area (Å²) in [5, 5.41) is 6.37. The molecule has 2 saturated carbocycles. The highest BCUT2D eigenvalue weighted by atomic mass is 127. The van der Waals surface area contributed by atoms with Crippen molar-refractivity contribution in [1.82, 2.24) is 10.6 Å². The van der Waals surface area contributed by atoms with Crippen molar-refractivity contribution < 1.29 is 0 Å². The zero-order valence-electron chi connectivity index (χ0n) is 12.7. The van der Waals surface area contributed by atoms with Gasteiger partial charge in [-0.05, 0) is 38.5 Å². The number of unbranched alkanes of at least 4 members (excludes halogenated alkanes) is 3. The van der Waals surface area contributed by atoms with Gasteiger partial charge in [0.15, 0.2) is 11.9 Å². The van der Waals surface area contributed by atoms with Crippen LogP contribution in [0.3, 0.4) is 0 Å². The second kappa shape index (κ2) is 10.1. The van der Waals surface area contributed by atoms with E-state index in [1.54, 1.807) is 0 Å². The number of nitrogens with one attached hydrogen (secondary N) is 2. The Morgan fingerprint density at radius 2 is 1.14 bits per heavy atom. The zero-order chi connectivity index (χ0) is 14.2. The van der Waals surface area contributed by atoms with Gasteiger partial charge in [-0.15, -0.1) is 24.0 Å². The molecule has 0 amide bonds. The van der Waals surface area contributed by atoms with Gasteiger partial charge in [0.05, 0.1) is 0 Å². The standard InChI is InChI=1S/C14H28N6.HI/c15-13(19-11-5-6-11)17-9-3-1-2-4-10-18-14(16)20-12-7-8-12;/h11-12H,1-10H2,(H3,15,17,19)(H3,16,18,20);1H. The molecule has 0 aromatic carbocycles. The van der Waals surface area contributed by atoms with Gasteiger partial charge < -0.3 is 22.1 Å². The lowest BCUT2D eigenvalue weighted by Crippen LogP contribution is -2.33. The summed E-state index contributed by atoms with van der Waals surface area (Å²) in [6.07, 6.45) is 9.45. The smallest absolute Gasteiger partial charge is 0.188 e. The number of aliphatic imine (C=N–C) groups is 2. The van der Waals surface area contributed by atoms with Crippen LogP contribution in [0.1, 0.15) is 51.4 Å². The van der Waals surface area contributed by atoms with Crippen molar-refractivity contribution in [2.45, 2.75) is 63.5 Å². The number of nitrogens with two attached hydrogens (primary N) is 2. The molecule has 7 heteroatoms. The van der Waals surface area contributed by atoms with Crippen molar-refractivity contribution in [2.24, 2.45) is 21.5 Å². The molecule has 2 fully saturated rings. The van der Waals surface area contributed by atoms with Crippen molar-refractivity contribution in [3.05, 3.63) is 0 Å². The number of halogens is 1. The van der Waals surface area contributed by atoms with Gasteiger partial charge in [0, 0.05) is 25.2 Å². The first-order chi connectivity index (χ1) is 9.74. The van der Waals surface area contributed by atoms with Crippen LogP contribution in [0.4, 0.5) is 0 Å². The van der Waals surface area contributed by atoms with E-state index in [-0.39, 0.29) is 24.0 Å². The van der Waals surface area contributed by atoms with Gasteiger partial charge >= 0.3 is 0 Å². The largest absolute Gasteiger partial charge is 0.370 e. The summed E-state index contributed by atoms with van der Waals surface area (Å²) in [6, 6.07) is 1.18. The maximum atomic E-state index is 5.76. The van der Waals surface area contributed by atoms with E-state index < -0.39 is 0 Å². The summed E-state index contributed by atoms with van der Waals surface area (Å²) >= 11 is 0. The fourth-order valence-corrected chi connectivity index (χ4v) is 1.94. The molecule has 2 aliphatic carbocycles. The minimum absolute atomic E-state index is 0. The summed E-state index contributed by atoms with van der Waals surface area (Å²) in [5.74, 6) is 1.21. The van der Waals surface area contributed by atoms with Crippen molar-refractivity contribution in [3.63, 3.8) is 0 Å².